The maximum atomic E-state index is 11.1. The number of rotatable bonds is 2. The molecule has 3 nitrogen and oxygen atoms in total. The van der Waals surface area contributed by atoms with Crippen LogP contribution >= 0.6 is 0 Å². The first kappa shape index (κ1) is 10.7. The second kappa shape index (κ2) is 3.39. The maximum Gasteiger partial charge on any atom is 0.146 e. The number of aliphatic hydroxyl groups excluding tert-OH is 1. The Bertz CT molecular complexity index is 213. The summed E-state index contributed by atoms with van der Waals surface area (Å²) in [5.74, 6) is 0.171. The predicted octanol–water partition coefficient (Wildman–Crippen LogP) is 0.667. The lowest BCUT2D eigenvalue weighted by molar-refractivity contribution is -0.121. The Morgan fingerprint density at radius 3 is 2.46 bits per heavy atom. The molecule has 1 saturated heterocycles. The average Bonchev–Trinajstić information content (AvgIpc) is 2.25. The third kappa shape index (κ3) is 2.09. The maximum absolute atomic E-state index is 11.1. The van der Waals surface area contributed by atoms with Gasteiger partial charge in [-0.1, -0.05) is 13.8 Å². The van der Waals surface area contributed by atoms with E-state index in [9.17, 15) is 9.90 Å². The largest absolute Gasteiger partial charge is 0.391 e. The van der Waals surface area contributed by atoms with Crippen LogP contribution in [0.4, 0.5) is 0 Å². The SMILES string of the molecule is CC(=O)C(C)N1CC(O)C(C)(C)C1. The van der Waals surface area contributed by atoms with E-state index in [1.807, 2.05) is 25.7 Å². The quantitative estimate of drug-likeness (QED) is 0.687. The van der Waals surface area contributed by atoms with Crippen LogP contribution in [0.5, 0.6) is 0 Å². The Hall–Kier alpha value is -0.410. The summed E-state index contributed by atoms with van der Waals surface area (Å²) < 4.78 is 0. The van der Waals surface area contributed by atoms with Gasteiger partial charge in [0.05, 0.1) is 12.1 Å². The molecule has 1 N–H and O–H groups in total. The first-order valence-electron chi connectivity index (χ1n) is 4.77. The molecule has 0 aromatic carbocycles. The predicted molar refractivity (Wildman–Crippen MR) is 51.5 cm³/mol. The van der Waals surface area contributed by atoms with Crippen LogP contribution in [0.1, 0.15) is 27.7 Å². The minimum atomic E-state index is -0.311. The van der Waals surface area contributed by atoms with E-state index in [1.165, 1.54) is 0 Å². The zero-order valence-electron chi connectivity index (χ0n) is 8.87. The number of β-amino-alcohol motifs (C(OH)–C–C–N with tert-alkyl or cyclic N) is 1. The summed E-state index contributed by atoms with van der Waals surface area (Å²) >= 11 is 0. The lowest BCUT2D eigenvalue weighted by Crippen LogP contribution is -2.37. The van der Waals surface area contributed by atoms with Crippen LogP contribution in [0.25, 0.3) is 0 Å². The topological polar surface area (TPSA) is 40.5 Å². The molecule has 1 aliphatic heterocycles. The number of aliphatic hydroxyl groups is 1. The van der Waals surface area contributed by atoms with Crippen molar-refractivity contribution in [2.45, 2.75) is 39.8 Å². The molecule has 1 aliphatic rings. The van der Waals surface area contributed by atoms with Gasteiger partial charge in [-0.2, -0.15) is 0 Å². The van der Waals surface area contributed by atoms with Gasteiger partial charge in [-0.3, -0.25) is 9.69 Å². The molecule has 0 aromatic heterocycles. The lowest BCUT2D eigenvalue weighted by Gasteiger charge is -2.23. The van der Waals surface area contributed by atoms with E-state index in [-0.39, 0.29) is 23.3 Å². The zero-order valence-corrected chi connectivity index (χ0v) is 8.87. The molecule has 2 atom stereocenters. The summed E-state index contributed by atoms with van der Waals surface area (Å²) in [7, 11) is 0. The van der Waals surface area contributed by atoms with Gasteiger partial charge in [-0.15, -0.1) is 0 Å². The molecule has 76 valence electrons. The van der Waals surface area contributed by atoms with E-state index in [1.54, 1.807) is 6.92 Å². The molecule has 3 heteroatoms. The summed E-state index contributed by atoms with van der Waals surface area (Å²) in [5, 5.41) is 9.71. The highest BCUT2D eigenvalue weighted by molar-refractivity contribution is 5.81. The normalized spacial score (nSPS) is 30.4. The molecule has 2 unspecified atom stereocenters. The molecule has 0 saturated carbocycles. The van der Waals surface area contributed by atoms with Crippen LogP contribution in [-0.4, -0.2) is 41.0 Å². The highest BCUT2D eigenvalue weighted by atomic mass is 16.3. The highest BCUT2D eigenvalue weighted by Gasteiger charge is 2.40. The van der Waals surface area contributed by atoms with Gasteiger partial charge in [0.2, 0.25) is 0 Å². The van der Waals surface area contributed by atoms with Crippen molar-refractivity contribution in [2.24, 2.45) is 5.41 Å². The van der Waals surface area contributed by atoms with E-state index in [4.69, 9.17) is 0 Å². The van der Waals surface area contributed by atoms with Crippen LogP contribution in [-0.2, 0) is 4.79 Å². The number of Topliss-reactive ketones (excluding diaryl/α,β-unsaturated/α-hetero) is 1. The second-order valence-corrected chi connectivity index (χ2v) is 4.72. The number of hydrogen-bond acceptors (Lipinski definition) is 3. The molecule has 0 aliphatic carbocycles. The van der Waals surface area contributed by atoms with Gasteiger partial charge in [0.15, 0.2) is 0 Å². The molecule has 13 heavy (non-hydrogen) atoms. The molecule has 0 amide bonds. The van der Waals surface area contributed by atoms with Crippen molar-refractivity contribution >= 4 is 5.78 Å². The van der Waals surface area contributed by atoms with Gasteiger partial charge < -0.3 is 5.11 Å². The summed E-state index contributed by atoms with van der Waals surface area (Å²) in [6.07, 6.45) is -0.311. The Balaban J connectivity index is 2.63. The van der Waals surface area contributed by atoms with Crippen molar-refractivity contribution in [3.05, 3.63) is 0 Å². The lowest BCUT2D eigenvalue weighted by atomic mass is 9.90. The molecule has 0 aromatic rings. The molecule has 1 rings (SSSR count). The smallest absolute Gasteiger partial charge is 0.146 e. The van der Waals surface area contributed by atoms with Crippen LogP contribution in [0.15, 0.2) is 0 Å². The van der Waals surface area contributed by atoms with E-state index >= 15 is 0 Å². The Morgan fingerprint density at radius 2 is 2.15 bits per heavy atom. The molecule has 1 fully saturated rings. The summed E-state index contributed by atoms with van der Waals surface area (Å²) in [6, 6.07) is -0.0589. The number of carbonyl (C=O) groups is 1. The summed E-state index contributed by atoms with van der Waals surface area (Å²) in [4.78, 5) is 13.2. The minimum absolute atomic E-state index is 0.0589. The number of hydrogen-bond donors (Lipinski definition) is 1. The van der Waals surface area contributed by atoms with Crippen LogP contribution < -0.4 is 0 Å². The number of ketones is 1. The molecule has 1 heterocycles. The van der Waals surface area contributed by atoms with Crippen molar-refractivity contribution in [2.75, 3.05) is 13.1 Å². The van der Waals surface area contributed by atoms with E-state index in [0.29, 0.717) is 6.54 Å². The number of likely N-dealkylation sites (tertiary alicyclic amines) is 1. The second-order valence-electron chi connectivity index (χ2n) is 4.72. The zero-order chi connectivity index (χ0) is 10.2. The van der Waals surface area contributed by atoms with Crippen molar-refractivity contribution < 1.29 is 9.90 Å². The molecular weight excluding hydrogens is 166 g/mol. The van der Waals surface area contributed by atoms with Gasteiger partial charge in [0, 0.05) is 18.5 Å². The number of carbonyl (C=O) groups excluding carboxylic acids is 1. The van der Waals surface area contributed by atoms with Gasteiger partial charge >= 0.3 is 0 Å². The standard InChI is InChI=1S/C10H19NO2/c1-7(8(2)12)11-5-9(13)10(3,4)6-11/h7,9,13H,5-6H2,1-4H3. The van der Waals surface area contributed by atoms with Crippen molar-refractivity contribution in [1.82, 2.24) is 4.90 Å². The minimum Gasteiger partial charge on any atom is -0.391 e. The van der Waals surface area contributed by atoms with Crippen molar-refractivity contribution in [3.8, 4) is 0 Å². The van der Waals surface area contributed by atoms with Crippen LogP contribution in [0.2, 0.25) is 0 Å². The average molecular weight is 185 g/mol. The summed E-state index contributed by atoms with van der Waals surface area (Å²) in [6.45, 7) is 8.98. The van der Waals surface area contributed by atoms with Crippen LogP contribution in [0, 0.1) is 5.41 Å². The van der Waals surface area contributed by atoms with Gasteiger partial charge in [0.25, 0.3) is 0 Å². The monoisotopic (exact) mass is 185 g/mol. The van der Waals surface area contributed by atoms with E-state index in [0.717, 1.165) is 6.54 Å². The Morgan fingerprint density at radius 1 is 1.62 bits per heavy atom. The highest BCUT2D eigenvalue weighted by Crippen LogP contribution is 2.30. The molecule has 0 spiro atoms. The number of nitrogens with zero attached hydrogens (tertiary/aromatic N) is 1. The van der Waals surface area contributed by atoms with Crippen LogP contribution in [0.3, 0.4) is 0 Å². The Labute approximate surface area is 79.7 Å². The van der Waals surface area contributed by atoms with E-state index < -0.39 is 0 Å². The van der Waals surface area contributed by atoms with E-state index in [2.05, 4.69) is 0 Å². The summed E-state index contributed by atoms with van der Waals surface area (Å²) in [5.41, 5.74) is -0.0797. The Kier molecular flexibility index (Phi) is 2.78. The first-order chi connectivity index (χ1) is 5.84. The third-order valence-electron chi connectivity index (χ3n) is 3.06. The fourth-order valence-electron chi connectivity index (χ4n) is 1.71. The van der Waals surface area contributed by atoms with Crippen molar-refractivity contribution in [3.63, 3.8) is 0 Å². The molecule has 0 radical (unpaired) electrons. The van der Waals surface area contributed by atoms with Gasteiger partial charge in [-0.25, -0.2) is 0 Å². The molecule has 0 bridgehead atoms. The van der Waals surface area contributed by atoms with Crippen molar-refractivity contribution in [1.29, 1.82) is 0 Å². The van der Waals surface area contributed by atoms with Gasteiger partial charge in [0.1, 0.15) is 5.78 Å². The molecular formula is C10H19NO2. The fraction of sp³-hybridized carbons (Fsp3) is 0.900. The third-order valence-corrected chi connectivity index (χ3v) is 3.06. The fourth-order valence-corrected chi connectivity index (χ4v) is 1.71. The first-order valence-corrected chi connectivity index (χ1v) is 4.77. The van der Waals surface area contributed by atoms with Gasteiger partial charge in [-0.05, 0) is 13.8 Å².